The number of rotatable bonds is 7. The number of sulfonamides is 1. The fourth-order valence-electron chi connectivity index (χ4n) is 1.63. The van der Waals surface area contributed by atoms with Crippen molar-refractivity contribution < 1.29 is 28.2 Å². The van der Waals surface area contributed by atoms with Gasteiger partial charge in [-0.05, 0) is 26.3 Å². The van der Waals surface area contributed by atoms with Crippen LogP contribution in [-0.4, -0.2) is 36.6 Å². The summed E-state index contributed by atoms with van der Waals surface area (Å²) in [5.74, 6) is -2.59. The lowest BCUT2D eigenvalue weighted by Crippen LogP contribution is -2.41. The van der Waals surface area contributed by atoms with Crippen LogP contribution in [0.1, 0.15) is 22.6 Å². The first kappa shape index (κ1) is 16.6. The Kier molecular flexibility index (Phi) is 5.26. The number of nitrogens with one attached hydrogen (secondary N) is 1. The van der Waals surface area contributed by atoms with Crippen LogP contribution in [0.2, 0.25) is 0 Å². The van der Waals surface area contributed by atoms with E-state index >= 15 is 0 Å². The maximum Gasteiger partial charge on any atom is 0.321 e. The maximum atomic E-state index is 12.1. The Bertz CT molecular complexity index is 619. The summed E-state index contributed by atoms with van der Waals surface area (Å²) in [5.41, 5.74) is 0. The lowest BCUT2D eigenvalue weighted by Gasteiger charge is -2.13. The van der Waals surface area contributed by atoms with Gasteiger partial charge in [-0.3, -0.25) is 9.59 Å². The Morgan fingerprint density at radius 1 is 1.35 bits per heavy atom. The third-order valence-electron chi connectivity index (χ3n) is 2.53. The molecule has 0 radical (unpaired) electrons. The Morgan fingerprint density at radius 3 is 2.35 bits per heavy atom. The minimum absolute atomic E-state index is 0.0292. The molecule has 3 N–H and O–H groups in total. The van der Waals surface area contributed by atoms with E-state index in [1.807, 2.05) is 4.72 Å². The SMILES string of the molecule is Cc1cc(S(=O)(=O)NC(CCC(=O)O)C(=O)O)c(C)s1. The second-order valence-corrected chi connectivity index (χ2v) is 7.36. The fourth-order valence-corrected chi connectivity index (χ4v) is 4.40. The third-order valence-corrected chi connectivity index (χ3v) is 5.22. The molecule has 1 rings (SSSR count). The number of aliphatic carboxylic acids is 2. The van der Waals surface area contributed by atoms with Gasteiger partial charge in [0.2, 0.25) is 10.0 Å². The Hall–Kier alpha value is -1.45. The van der Waals surface area contributed by atoms with Crippen LogP contribution in [-0.2, 0) is 19.6 Å². The van der Waals surface area contributed by atoms with Crippen molar-refractivity contribution in [3.63, 3.8) is 0 Å². The molecule has 1 aromatic rings. The van der Waals surface area contributed by atoms with Crippen LogP contribution in [0.15, 0.2) is 11.0 Å². The molecule has 20 heavy (non-hydrogen) atoms. The van der Waals surface area contributed by atoms with Crippen molar-refractivity contribution in [3.05, 3.63) is 15.8 Å². The van der Waals surface area contributed by atoms with Gasteiger partial charge in [-0.15, -0.1) is 11.3 Å². The van der Waals surface area contributed by atoms with E-state index < -0.39 is 34.4 Å². The zero-order valence-electron chi connectivity index (χ0n) is 10.9. The molecule has 0 saturated heterocycles. The molecule has 0 aliphatic heterocycles. The number of carbonyl (C=O) groups is 2. The van der Waals surface area contributed by atoms with Crippen molar-refractivity contribution in [2.24, 2.45) is 0 Å². The summed E-state index contributed by atoms with van der Waals surface area (Å²) in [4.78, 5) is 22.8. The van der Waals surface area contributed by atoms with Gasteiger partial charge in [-0.2, -0.15) is 4.72 Å². The van der Waals surface area contributed by atoms with Crippen LogP contribution >= 0.6 is 11.3 Å². The molecule has 0 saturated carbocycles. The van der Waals surface area contributed by atoms with Crippen molar-refractivity contribution in [2.75, 3.05) is 0 Å². The minimum Gasteiger partial charge on any atom is -0.481 e. The van der Waals surface area contributed by atoms with Gasteiger partial charge in [-0.25, -0.2) is 8.42 Å². The first-order valence-corrected chi connectivity index (χ1v) is 7.97. The van der Waals surface area contributed by atoms with Gasteiger partial charge >= 0.3 is 11.9 Å². The van der Waals surface area contributed by atoms with Gasteiger partial charge in [0.25, 0.3) is 0 Å². The number of carboxylic acid groups (broad SMARTS) is 2. The predicted octanol–water partition coefficient (Wildman–Crippen LogP) is 0.961. The van der Waals surface area contributed by atoms with Gasteiger partial charge in [0.05, 0.1) is 4.90 Å². The zero-order valence-corrected chi connectivity index (χ0v) is 12.5. The Labute approximate surface area is 120 Å². The zero-order chi connectivity index (χ0) is 15.5. The van der Waals surface area contributed by atoms with E-state index in [1.54, 1.807) is 13.8 Å². The van der Waals surface area contributed by atoms with E-state index in [0.29, 0.717) is 4.88 Å². The van der Waals surface area contributed by atoms with Gasteiger partial charge in [0.15, 0.2) is 0 Å². The highest BCUT2D eigenvalue weighted by Gasteiger charge is 2.27. The fraction of sp³-hybridized carbons (Fsp3) is 0.455. The standard InChI is InChI=1S/C11H15NO6S2/c1-6-5-9(7(2)19-6)20(17,18)12-8(11(15)16)3-4-10(13)14/h5,8,12H,3-4H2,1-2H3,(H,13,14)(H,15,16). The topological polar surface area (TPSA) is 121 Å². The summed E-state index contributed by atoms with van der Waals surface area (Å²) in [5, 5.41) is 17.5. The molecule has 0 aliphatic rings. The van der Waals surface area contributed by atoms with E-state index in [9.17, 15) is 18.0 Å². The Morgan fingerprint density at radius 2 is 1.95 bits per heavy atom. The number of aryl methyl sites for hydroxylation is 2. The van der Waals surface area contributed by atoms with Crippen LogP contribution in [0.25, 0.3) is 0 Å². The quantitative estimate of drug-likeness (QED) is 0.688. The summed E-state index contributed by atoms with van der Waals surface area (Å²) in [6.45, 7) is 3.37. The van der Waals surface area contributed by atoms with Crippen LogP contribution in [0.4, 0.5) is 0 Å². The molecule has 0 fully saturated rings. The molecule has 0 amide bonds. The van der Waals surface area contributed by atoms with Crippen molar-refractivity contribution in [1.29, 1.82) is 0 Å². The predicted molar refractivity (Wildman–Crippen MR) is 72.4 cm³/mol. The van der Waals surface area contributed by atoms with E-state index in [1.165, 1.54) is 17.4 Å². The number of hydrogen-bond donors (Lipinski definition) is 3. The highest BCUT2D eigenvalue weighted by Crippen LogP contribution is 2.25. The van der Waals surface area contributed by atoms with Crippen LogP contribution in [0, 0.1) is 13.8 Å². The summed E-state index contributed by atoms with van der Waals surface area (Å²) < 4.78 is 26.3. The lowest BCUT2D eigenvalue weighted by atomic mass is 10.2. The molecule has 1 atom stereocenters. The number of hydrogen-bond acceptors (Lipinski definition) is 5. The number of thiophene rings is 1. The average Bonchev–Trinajstić information content (AvgIpc) is 2.64. The first-order valence-electron chi connectivity index (χ1n) is 5.67. The molecule has 0 aliphatic carbocycles. The lowest BCUT2D eigenvalue weighted by molar-refractivity contribution is -0.140. The monoisotopic (exact) mass is 321 g/mol. The Balaban J connectivity index is 2.94. The molecule has 0 aromatic carbocycles. The van der Waals surface area contributed by atoms with Gasteiger partial charge in [0.1, 0.15) is 6.04 Å². The average molecular weight is 321 g/mol. The van der Waals surface area contributed by atoms with Crippen molar-refractivity contribution in [2.45, 2.75) is 37.6 Å². The van der Waals surface area contributed by atoms with Crippen molar-refractivity contribution in [1.82, 2.24) is 4.72 Å². The number of carboxylic acids is 2. The molecule has 9 heteroatoms. The van der Waals surface area contributed by atoms with Gasteiger partial charge in [-0.1, -0.05) is 0 Å². The summed E-state index contributed by atoms with van der Waals surface area (Å²) in [6.07, 6.45) is -0.743. The third kappa shape index (κ3) is 4.29. The van der Waals surface area contributed by atoms with E-state index in [2.05, 4.69) is 0 Å². The molecule has 0 bridgehead atoms. The second-order valence-electron chi connectivity index (χ2n) is 4.22. The van der Waals surface area contributed by atoms with Crippen molar-refractivity contribution in [3.8, 4) is 0 Å². The largest absolute Gasteiger partial charge is 0.481 e. The highest BCUT2D eigenvalue weighted by atomic mass is 32.2. The molecule has 1 unspecified atom stereocenters. The van der Waals surface area contributed by atoms with Gasteiger partial charge in [0, 0.05) is 16.2 Å². The summed E-state index contributed by atoms with van der Waals surface area (Å²) in [7, 11) is -3.98. The molecule has 7 nitrogen and oxygen atoms in total. The maximum absolute atomic E-state index is 12.1. The molecular weight excluding hydrogens is 306 g/mol. The second kappa shape index (κ2) is 6.33. The molecule has 0 spiro atoms. The van der Waals surface area contributed by atoms with E-state index in [4.69, 9.17) is 10.2 Å². The first-order chi connectivity index (χ1) is 9.13. The summed E-state index contributed by atoms with van der Waals surface area (Å²) >= 11 is 1.29. The van der Waals surface area contributed by atoms with Crippen LogP contribution < -0.4 is 4.72 Å². The molecule has 1 aromatic heterocycles. The minimum atomic E-state index is -3.98. The van der Waals surface area contributed by atoms with Crippen molar-refractivity contribution >= 4 is 33.3 Å². The smallest absolute Gasteiger partial charge is 0.321 e. The normalized spacial score (nSPS) is 13.1. The highest BCUT2D eigenvalue weighted by molar-refractivity contribution is 7.89. The van der Waals surface area contributed by atoms with Crippen LogP contribution in [0.5, 0.6) is 0 Å². The van der Waals surface area contributed by atoms with Gasteiger partial charge < -0.3 is 10.2 Å². The van der Waals surface area contributed by atoms with E-state index in [0.717, 1.165) is 4.88 Å². The molecular formula is C11H15NO6S2. The molecule has 1 heterocycles. The molecule has 112 valence electrons. The van der Waals surface area contributed by atoms with Crippen LogP contribution in [0.3, 0.4) is 0 Å². The van der Waals surface area contributed by atoms with E-state index in [-0.39, 0.29) is 11.3 Å². The summed E-state index contributed by atoms with van der Waals surface area (Å²) in [6, 6.07) is -0.00552.